The second kappa shape index (κ2) is 8.40. The van der Waals surface area contributed by atoms with Crippen molar-refractivity contribution in [2.24, 2.45) is 0 Å². The van der Waals surface area contributed by atoms with Gasteiger partial charge in [-0.25, -0.2) is 0 Å². The van der Waals surface area contributed by atoms with Gasteiger partial charge in [0.15, 0.2) is 0 Å². The molecule has 3 heteroatoms. The molecule has 2 unspecified atom stereocenters. The van der Waals surface area contributed by atoms with Gasteiger partial charge in [-0.2, -0.15) is 0 Å². The molecule has 0 amide bonds. The molecule has 1 aliphatic rings. The van der Waals surface area contributed by atoms with Crippen molar-refractivity contribution in [1.29, 1.82) is 0 Å². The summed E-state index contributed by atoms with van der Waals surface area (Å²) in [6.45, 7) is 6.47. The Bertz CT molecular complexity index is 363. The Hall–Kier alpha value is -0.900. The fraction of sp³-hybridized carbons (Fsp3) is 0.647. The van der Waals surface area contributed by atoms with E-state index in [0.29, 0.717) is 12.1 Å². The molecule has 1 aromatic rings. The van der Waals surface area contributed by atoms with Gasteiger partial charge in [0.25, 0.3) is 0 Å². The Morgan fingerprint density at radius 3 is 2.80 bits per heavy atom. The van der Waals surface area contributed by atoms with E-state index in [1.165, 1.54) is 24.9 Å². The largest absolute Gasteiger partial charge is 0.383 e. The van der Waals surface area contributed by atoms with Gasteiger partial charge in [-0.05, 0) is 38.3 Å². The first-order valence-electron chi connectivity index (χ1n) is 7.80. The van der Waals surface area contributed by atoms with Crippen LogP contribution in [0, 0.1) is 0 Å². The van der Waals surface area contributed by atoms with Crippen molar-refractivity contribution in [3.63, 3.8) is 0 Å². The van der Waals surface area contributed by atoms with Crippen LogP contribution in [0.3, 0.4) is 0 Å². The van der Waals surface area contributed by atoms with Gasteiger partial charge in [-0.3, -0.25) is 4.90 Å². The van der Waals surface area contributed by atoms with E-state index in [-0.39, 0.29) is 0 Å². The van der Waals surface area contributed by atoms with Crippen molar-refractivity contribution in [2.45, 2.75) is 38.3 Å². The zero-order valence-electron chi connectivity index (χ0n) is 12.8. The lowest BCUT2D eigenvalue weighted by molar-refractivity contribution is 0.117. The van der Waals surface area contributed by atoms with Gasteiger partial charge in [-0.1, -0.05) is 30.3 Å². The first kappa shape index (κ1) is 15.5. The fourth-order valence-electron chi connectivity index (χ4n) is 2.98. The van der Waals surface area contributed by atoms with Crippen LogP contribution in [0.1, 0.15) is 25.3 Å². The van der Waals surface area contributed by atoms with Crippen LogP contribution < -0.4 is 5.32 Å². The van der Waals surface area contributed by atoms with Crippen molar-refractivity contribution < 1.29 is 4.74 Å². The van der Waals surface area contributed by atoms with Crippen molar-refractivity contribution in [2.75, 3.05) is 33.4 Å². The van der Waals surface area contributed by atoms with Crippen molar-refractivity contribution in [3.05, 3.63) is 35.9 Å². The van der Waals surface area contributed by atoms with Gasteiger partial charge in [0, 0.05) is 32.3 Å². The molecule has 0 radical (unpaired) electrons. The Morgan fingerprint density at radius 2 is 2.15 bits per heavy atom. The van der Waals surface area contributed by atoms with E-state index < -0.39 is 0 Å². The first-order chi connectivity index (χ1) is 9.79. The van der Waals surface area contributed by atoms with Crippen molar-refractivity contribution in [3.8, 4) is 0 Å². The summed E-state index contributed by atoms with van der Waals surface area (Å²) in [5.74, 6) is 0. The van der Waals surface area contributed by atoms with Gasteiger partial charge in [0.05, 0.1) is 6.61 Å². The van der Waals surface area contributed by atoms with Crippen LogP contribution in [-0.2, 0) is 11.2 Å². The molecule has 0 aromatic heterocycles. The molecule has 1 aromatic carbocycles. The second-order valence-electron chi connectivity index (χ2n) is 5.82. The molecule has 0 aliphatic carbocycles. The maximum Gasteiger partial charge on any atom is 0.0589 e. The standard InChI is InChI=1S/C17H28N2O/c1-15(13-16-7-4-3-5-8-16)19(11-12-20-2)14-17-9-6-10-18-17/h3-5,7-8,15,17-18H,6,9-14H2,1-2H3. The summed E-state index contributed by atoms with van der Waals surface area (Å²) in [5, 5.41) is 3.60. The SMILES string of the molecule is COCCN(CC1CCCN1)C(C)Cc1ccccc1. The summed E-state index contributed by atoms with van der Waals surface area (Å²) in [6.07, 6.45) is 3.73. The van der Waals surface area contributed by atoms with Gasteiger partial charge in [-0.15, -0.1) is 0 Å². The molecule has 1 fully saturated rings. The van der Waals surface area contributed by atoms with Crippen LogP contribution >= 0.6 is 0 Å². The van der Waals surface area contributed by atoms with E-state index in [9.17, 15) is 0 Å². The van der Waals surface area contributed by atoms with E-state index in [2.05, 4.69) is 47.5 Å². The Morgan fingerprint density at radius 1 is 1.35 bits per heavy atom. The van der Waals surface area contributed by atoms with Crippen LogP contribution in [0.5, 0.6) is 0 Å². The van der Waals surface area contributed by atoms with Crippen LogP contribution in [-0.4, -0.2) is 50.3 Å². The van der Waals surface area contributed by atoms with E-state index in [1.54, 1.807) is 7.11 Å². The maximum absolute atomic E-state index is 5.28. The van der Waals surface area contributed by atoms with Gasteiger partial charge >= 0.3 is 0 Å². The minimum absolute atomic E-state index is 0.551. The molecule has 20 heavy (non-hydrogen) atoms. The summed E-state index contributed by atoms with van der Waals surface area (Å²) < 4.78 is 5.28. The Labute approximate surface area is 123 Å². The summed E-state index contributed by atoms with van der Waals surface area (Å²) >= 11 is 0. The number of hydrogen-bond donors (Lipinski definition) is 1. The van der Waals surface area contributed by atoms with E-state index in [1.807, 2.05) is 0 Å². The minimum atomic E-state index is 0.551. The molecule has 1 saturated heterocycles. The first-order valence-corrected chi connectivity index (χ1v) is 7.80. The topological polar surface area (TPSA) is 24.5 Å². The summed E-state index contributed by atoms with van der Waals surface area (Å²) in [7, 11) is 1.79. The molecule has 0 bridgehead atoms. The zero-order valence-corrected chi connectivity index (χ0v) is 12.8. The molecule has 1 aliphatic heterocycles. The number of rotatable bonds is 8. The number of ether oxygens (including phenoxy) is 1. The summed E-state index contributed by atoms with van der Waals surface area (Å²) in [4.78, 5) is 2.57. The highest BCUT2D eigenvalue weighted by Gasteiger charge is 2.21. The summed E-state index contributed by atoms with van der Waals surface area (Å²) in [5.41, 5.74) is 1.42. The number of nitrogens with one attached hydrogen (secondary N) is 1. The smallest absolute Gasteiger partial charge is 0.0589 e. The van der Waals surface area contributed by atoms with Crippen LogP contribution in [0.15, 0.2) is 30.3 Å². The highest BCUT2D eigenvalue weighted by Crippen LogP contribution is 2.13. The zero-order chi connectivity index (χ0) is 14.2. The molecule has 3 nitrogen and oxygen atoms in total. The Kier molecular flexibility index (Phi) is 6.51. The molecule has 0 spiro atoms. The lowest BCUT2D eigenvalue weighted by Crippen LogP contribution is -2.44. The normalized spacial score (nSPS) is 20.4. The average Bonchev–Trinajstić information content (AvgIpc) is 2.97. The lowest BCUT2D eigenvalue weighted by Gasteiger charge is -2.31. The second-order valence-corrected chi connectivity index (χ2v) is 5.82. The number of hydrogen-bond acceptors (Lipinski definition) is 3. The fourth-order valence-corrected chi connectivity index (χ4v) is 2.98. The van der Waals surface area contributed by atoms with Crippen LogP contribution in [0.4, 0.5) is 0 Å². The predicted octanol–water partition coefficient (Wildman–Crippen LogP) is 2.32. The van der Waals surface area contributed by atoms with E-state index >= 15 is 0 Å². The Balaban J connectivity index is 1.89. The minimum Gasteiger partial charge on any atom is -0.383 e. The number of benzene rings is 1. The maximum atomic E-state index is 5.28. The van der Waals surface area contributed by atoms with Gasteiger partial charge in [0.2, 0.25) is 0 Å². The molecule has 0 saturated carbocycles. The number of nitrogens with zero attached hydrogens (tertiary/aromatic N) is 1. The highest BCUT2D eigenvalue weighted by atomic mass is 16.5. The molecule has 2 atom stereocenters. The molecule has 1 N–H and O–H groups in total. The monoisotopic (exact) mass is 276 g/mol. The van der Waals surface area contributed by atoms with Crippen molar-refractivity contribution in [1.82, 2.24) is 10.2 Å². The third-order valence-corrected chi connectivity index (χ3v) is 4.20. The van der Waals surface area contributed by atoms with Crippen LogP contribution in [0.2, 0.25) is 0 Å². The van der Waals surface area contributed by atoms with E-state index in [4.69, 9.17) is 4.74 Å². The molecule has 112 valence electrons. The predicted molar refractivity (Wildman–Crippen MR) is 84.1 cm³/mol. The third-order valence-electron chi connectivity index (χ3n) is 4.20. The summed E-state index contributed by atoms with van der Waals surface area (Å²) in [6, 6.07) is 12.0. The lowest BCUT2D eigenvalue weighted by atomic mass is 10.1. The molecular weight excluding hydrogens is 248 g/mol. The quantitative estimate of drug-likeness (QED) is 0.788. The molecule has 1 heterocycles. The van der Waals surface area contributed by atoms with Crippen LogP contribution in [0.25, 0.3) is 0 Å². The number of methoxy groups -OCH3 is 1. The van der Waals surface area contributed by atoms with Crippen molar-refractivity contribution >= 4 is 0 Å². The average molecular weight is 276 g/mol. The highest BCUT2D eigenvalue weighted by molar-refractivity contribution is 5.15. The molecular formula is C17H28N2O. The van der Waals surface area contributed by atoms with E-state index in [0.717, 1.165) is 26.1 Å². The third kappa shape index (κ3) is 4.89. The molecule has 2 rings (SSSR count). The van der Waals surface area contributed by atoms with Gasteiger partial charge < -0.3 is 10.1 Å². The van der Waals surface area contributed by atoms with Gasteiger partial charge in [0.1, 0.15) is 0 Å².